The van der Waals surface area contributed by atoms with Crippen LogP contribution in [0.15, 0.2) is 83.8 Å². The Kier molecular flexibility index (Phi) is 6.94. The molecule has 3 N–H and O–H groups in total. The van der Waals surface area contributed by atoms with Crippen LogP contribution in [0.25, 0.3) is 0 Å². The fraction of sp³-hybridized carbons (Fsp3) is 0.136. The molecule has 30 heavy (non-hydrogen) atoms. The average Bonchev–Trinajstić information content (AvgIpc) is 2.77. The van der Waals surface area contributed by atoms with Crippen molar-refractivity contribution in [2.24, 2.45) is 0 Å². The van der Waals surface area contributed by atoms with Crippen molar-refractivity contribution in [1.82, 2.24) is 10.0 Å². The van der Waals surface area contributed by atoms with Crippen LogP contribution in [-0.4, -0.2) is 26.0 Å². The lowest BCUT2D eigenvalue weighted by molar-refractivity contribution is 0.0916. The fourth-order valence-electron chi connectivity index (χ4n) is 2.73. The lowest BCUT2D eigenvalue weighted by Gasteiger charge is -2.12. The molecule has 0 aromatic heterocycles. The second-order valence-corrected chi connectivity index (χ2v) is 8.38. The molecule has 0 saturated heterocycles. The highest BCUT2D eigenvalue weighted by atomic mass is 32.2. The lowest BCUT2D eigenvalue weighted by atomic mass is 10.1. The van der Waals surface area contributed by atoms with E-state index in [1.165, 1.54) is 12.1 Å². The van der Waals surface area contributed by atoms with Gasteiger partial charge in [0, 0.05) is 18.7 Å². The normalized spacial score (nSPS) is 12.3. The van der Waals surface area contributed by atoms with Gasteiger partial charge in [-0.2, -0.15) is 0 Å². The molecule has 1 unspecified atom stereocenters. The average molecular weight is 428 g/mol. The number of hydrogen-bond donors (Lipinski definition) is 3. The molecule has 156 valence electrons. The molecule has 0 aliphatic rings. The summed E-state index contributed by atoms with van der Waals surface area (Å²) in [7, 11) is -3.77. The monoisotopic (exact) mass is 428 g/mol. The molecule has 3 aromatic carbocycles. The van der Waals surface area contributed by atoms with Crippen LogP contribution >= 0.6 is 0 Å². The van der Waals surface area contributed by atoms with Gasteiger partial charge >= 0.3 is 0 Å². The second-order valence-electron chi connectivity index (χ2n) is 6.61. The molecule has 0 bridgehead atoms. The molecule has 3 aromatic rings. The number of nitrogens with one attached hydrogen (secondary N) is 2. The molecule has 0 spiro atoms. The summed E-state index contributed by atoms with van der Waals surface area (Å²) in [6.45, 7) is 0.0936. The minimum atomic E-state index is -3.77. The highest BCUT2D eigenvalue weighted by molar-refractivity contribution is 7.89. The molecular formula is C22H21FN2O4S. The summed E-state index contributed by atoms with van der Waals surface area (Å²) in [4.78, 5) is 12.2. The molecule has 1 atom stereocenters. The van der Waals surface area contributed by atoms with E-state index in [9.17, 15) is 22.7 Å². The van der Waals surface area contributed by atoms with Crippen LogP contribution in [0.2, 0.25) is 0 Å². The third-order valence-electron chi connectivity index (χ3n) is 4.45. The predicted octanol–water partition coefficient (Wildman–Crippen LogP) is 2.77. The van der Waals surface area contributed by atoms with Crippen LogP contribution in [0.3, 0.4) is 0 Å². The van der Waals surface area contributed by atoms with Crippen LogP contribution < -0.4 is 10.0 Å². The zero-order valence-corrected chi connectivity index (χ0v) is 16.8. The number of rotatable bonds is 8. The quantitative estimate of drug-likeness (QED) is 0.514. The van der Waals surface area contributed by atoms with Gasteiger partial charge in [0.05, 0.1) is 11.0 Å². The maximum atomic E-state index is 13.0. The Hall–Kier alpha value is -3.07. The molecule has 0 radical (unpaired) electrons. The summed E-state index contributed by atoms with van der Waals surface area (Å²) < 4.78 is 39.9. The lowest BCUT2D eigenvalue weighted by Crippen LogP contribution is -2.28. The predicted molar refractivity (Wildman–Crippen MR) is 111 cm³/mol. The summed E-state index contributed by atoms with van der Waals surface area (Å²) in [5, 5.41) is 12.8. The van der Waals surface area contributed by atoms with Crippen molar-refractivity contribution >= 4 is 15.9 Å². The smallest absolute Gasteiger partial charge is 0.251 e. The van der Waals surface area contributed by atoms with Gasteiger partial charge in [-0.05, 0) is 47.5 Å². The van der Waals surface area contributed by atoms with Gasteiger partial charge in [0.2, 0.25) is 10.0 Å². The number of benzene rings is 3. The molecule has 0 saturated carbocycles. The van der Waals surface area contributed by atoms with Gasteiger partial charge in [-0.25, -0.2) is 17.5 Å². The zero-order chi connectivity index (χ0) is 21.6. The van der Waals surface area contributed by atoms with Gasteiger partial charge in [0.1, 0.15) is 5.82 Å². The van der Waals surface area contributed by atoms with Gasteiger partial charge in [-0.15, -0.1) is 0 Å². The SMILES string of the molecule is O=C(NCC(O)c1ccccc1)c1ccc(CNS(=O)(=O)c2ccc(F)cc2)cc1. The summed E-state index contributed by atoms with van der Waals surface area (Å²) in [5.74, 6) is -0.859. The van der Waals surface area contributed by atoms with Crippen molar-refractivity contribution in [2.45, 2.75) is 17.5 Å². The van der Waals surface area contributed by atoms with Crippen molar-refractivity contribution in [3.05, 3.63) is 101 Å². The topological polar surface area (TPSA) is 95.5 Å². The molecule has 0 heterocycles. The van der Waals surface area contributed by atoms with E-state index < -0.39 is 21.9 Å². The van der Waals surface area contributed by atoms with Gasteiger partial charge in [-0.3, -0.25) is 4.79 Å². The summed E-state index contributed by atoms with van der Waals surface area (Å²) >= 11 is 0. The molecule has 0 aliphatic carbocycles. The number of aliphatic hydroxyl groups excluding tert-OH is 1. The first-order chi connectivity index (χ1) is 14.3. The van der Waals surface area contributed by atoms with E-state index in [1.807, 2.05) is 18.2 Å². The van der Waals surface area contributed by atoms with Crippen molar-refractivity contribution in [3.63, 3.8) is 0 Å². The molecule has 6 nitrogen and oxygen atoms in total. The fourth-order valence-corrected chi connectivity index (χ4v) is 3.75. The molecular weight excluding hydrogens is 407 g/mol. The first-order valence-corrected chi connectivity index (χ1v) is 10.7. The summed E-state index contributed by atoms with van der Waals surface area (Å²) in [5.41, 5.74) is 1.75. The summed E-state index contributed by atoms with van der Waals surface area (Å²) in [6.07, 6.45) is -0.810. The third-order valence-corrected chi connectivity index (χ3v) is 5.86. The largest absolute Gasteiger partial charge is 0.387 e. The summed E-state index contributed by atoms with van der Waals surface area (Å²) in [6, 6.07) is 20.0. The van der Waals surface area contributed by atoms with E-state index in [2.05, 4.69) is 10.0 Å². The first kappa shape index (κ1) is 21.6. The van der Waals surface area contributed by atoms with Crippen molar-refractivity contribution in [3.8, 4) is 0 Å². The minimum absolute atomic E-state index is 0.0222. The third kappa shape index (κ3) is 5.73. The Morgan fingerprint density at radius 1 is 0.933 bits per heavy atom. The second kappa shape index (κ2) is 9.62. The highest BCUT2D eigenvalue weighted by Crippen LogP contribution is 2.13. The number of carbonyl (C=O) groups is 1. The Bertz CT molecular complexity index is 1090. The van der Waals surface area contributed by atoms with Gasteiger partial charge < -0.3 is 10.4 Å². The number of amides is 1. The van der Waals surface area contributed by atoms with Gasteiger partial charge in [0.15, 0.2) is 0 Å². The Morgan fingerprint density at radius 2 is 1.57 bits per heavy atom. The molecule has 1 amide bonds. The van der Waals surface area contributed by atoms with Crippen LogP contribution in [-0.2, 0) is 16.6 Å². The van der Waals surface area contributed by atoms with E-state index in [-0.39, 0.29) is 23.9 Å². The highest BCUT2D eigenvalue weighted by Gasteiger charge is 2.14. The van der Waals surface area contributed by atoms with Crippen molar-refractivity contribution < 1.29 is 22.7 Å². The molecule has 3 rings (SSSR count). The maximum Gasteiger partial charge on any atom is 0.251 e. The standard InChI is InChI=1S/C22H21FN2O4S/c23-19-10-12-20(13-11-19)30(28,29)25-14-16-6-8-18(9-7-16)22(27)24-15-21(26)17-4-2-1-3-5-17/h1-13,21,25-26H,14-15H2,(H,24,27). The van der Waals surface area contributed by atoms with Crippen LogP contribution in [0.1, 0.15) is 27.6 Å². The Morgan fingerprint density at radius 3 is 2.20 bits per heavy atom. The Balaban J connectivity index is 1.54. The van der Waals surface area contributed by atoms with Crippen LogP contribution in [0.5, 0.6) is 0 Å². The van der Waals surface area contributed by atoms with Gasteiger partial charge in [0.25, 0.3) is 5.91 Å². The minimum Gasteiger partial charge on any atom is -0.387 e. The molecule has 0 fully saturated rings. The number of sulfonamides is 1. The van der Waals surface area contributed by atoms with Crippen LogP contribution in [0.4, 0.5) is 4.39 Å². The van der Waals surface area contributed by atoms with E-state index in [4.69, 9.17) is 0 Å². The molecule has 8 heteroatoms. The molecule has 0 aliphatic heterocycles. The Labute approximate surface area is 174 Å². The number of carbonyl (C=O) groups excluding carboxylic acids is 1. The van der Waals surface area contributed by atoms with Gasteiger partial charge in [-0.1, -0.05) is 42.5 Å². The van der Waals surface area contributed by atoms with E-state index in [1.54, 1.807) is 36.4 Å². The van der Waals surface area contributed by atoms with E-state index in [0.717, 1.165) is 12.1 Å². The van der Waals surface area contributed by atoms with Crippen molar-refractivity contribution in [1.29, 1.82) is 0 Å². The number of hydrogen-bond acceptors (Lipinski definition) is 4. The zero-order valence-electron chi connectivity index (χ0n) is 16.0. The maximum absolute atomic E-state index is 13.0. The van der Waals surface area contributed by atoms with Crippen LogP contribution in [0, 0.1) is 5.82 Å². The van der Waals surface area contributed by atoms with Crippen molar-refractivity contribution in [2.75, 3.05) is 6.54 Å². The number of aliphatic hydroxyl groups is 1. The first-order valence-electron chi connectivity index (χ1n) is 9.20. The van der Waals surface area contributed by atoms with E-state index >= 15 is 0 Å². The van der Waals surface area contributed by atoms with E-state index in [0.29, 0.717) is 16.7 Å². The number of halogens is 1.